The Labute approximate surface area is 121 Å². The number of hydrogen-bond donors (Lipinski definition) is 1. The van der Waals surface area contributed by atoms with E-state index in [4.69, 9.17) is 9.57 Å². The van der Waals surface area contributed by atoms with Crippen molar-refractivity contribution >= 4 is 12.0 Å². The Morgan fingerprint density at radius 2 is 2.10 bits per heavy atom. The second-order valence-corrected chi connectivity index (χ2v) is 4.01. The summed E-state index contributed by atoms with van der Waals surface area (Å²) in [7, 11) is 1.60. The Bertz CT molecular complexity index is 617. The fraction of sp³-hybridized carbons (Fsp3) is 0.214. The third-order valence-electron chi connectivity index (χ3n) is 2.58. The summed E-state index contributed by atoms with van der Waals surface area (Å²) in [4.78, 5) is 12.4. The van der Waals surface area contributed by atoms with Crippen molar-refractivity contribution in [3.63, 3.8) is 0 Å². The lowest BCUT2D eigenvalue weighted by molar-refractivity contribution is 0.313. The van der Waals surface area contributed by atoms with Gasteiger partial charge in [-0.2, -0.15) is 9.97 Å². The predicted molar refractivity (Wildman–Crippen MR) is 77.1 cm³/mol. The average Bonchev–Trinajstić information content (AvgIpc) is 2.53. The molecule has 1 aromatic carbocycles. The number of anilines is 1. The molecule has 0 radical (unpaired) electrons. The van der Waals surface area contributed by atoms with Gasteiger partial charge in [-0.3, -0.25) is 0 Å². The molecule has 1 heterocycles. The third kappa shape index (κ3) is 4.13. The number of ether oxygens (including phenoxy) is 1. The Kier molecular flexibility index (Phi) is 5.03. The summed E-state index contributed by atoms with van der Waals surface area (Å²) in [5, 5.41) is 6.42. The molecule has 1 aromatic heterocycles. The van der Waals surface area contributed by atoms with E-state index in [-0.39, 0.29) is 11.8 Å². The number of oxime groups is 1. The summed E-state index contributed by atoms with van der Waals surface area (Å²) in [6, 6.07) is 7.40. The quantitative estimate of drug-likeness (QED) is 0.654. The number of nitrogens with one attached hydrogen (secondary N) is 1. The van der Waals surface area contributed by atoms with E-state index in [2.05, 4.69) is 20.4 Å². The maximum Gasteiger partial charge on any atom is 0.347 e. The second-order valence-electron chi connectivity index (χ2n) is 4.01. The van der Waals surface area contributed by atoms with Gasteiger partial charge < -0.3 is 14.9 Å². The third-order valence-corrected chi connectivity index (χ3v) is 2.58. The van der Waals surface area contributed by atoms with Gasteiger partial charge in [0.15, 0.2) is 11.6 Å². The Morgan fingerprint density at radius 1 is 1.33 bits per heavy atom. The molecule has 110 valence electrons. The van der Waals surface area contributed by atoms with Crippen molar-refractivity contribution in [2.24, 2.45) is 5.16 Å². The molecule has 0 aliphatic rings. The standard InChI is InChI=1S/C14H15FN4O2/c1-3-18-21-14-17-9-12(15)13(19-14)16-8-10-4-6-11(20-2)7-5-10/h3-7,9H,8H2,1-2H3,(H,16,17,19). The summed E-state index contributed by atoms with van der Waals surface area (Å²) in [5.74, 6) is 0.263. The average molecular weight is 290 g/mol. The minimum absolute atomic E-state index is 0.0215. The lowest BCUT2D eigenvalue weighted by atomic mass is 10.2. The van der Waals surface area contributed by atoms with E-state index in [1.54, 1.807) is 14.0 Å². The summed E-state index contributed by atoms with van der Waals surface area (Å²) < 4.78 is 18.7. The molecule has 1 N–H and O–H groups in total. The van der Waals surface area contributed by atoms with Crippen LogP contribution in [0.3, 0.4) is 0 Å². The molecule has 0 aliphatic carbocycles. The first-order valence-corrected chi connectivity index (χ1v) is 6.27. The van der Waals surface area contributed by atoms with Gasteiger partial charge in [-0.25, -0.2) is 4.39 Å². The van der Waals surface area contributed by atoms with Gasteiger partial charge in [0.25, 0.3) is 0 Å². The highest BCUT2D eigenvalue weighted by Crippen LogP contribution is 2.16. The SMILES string of the molecule is CC=NOc1ncc(F)c(NCc2ccc(OC)cc2)n1. The molecule has 0 saturated heterocycles. The number of methoxy groups -OCH3 is 1. The summed E-state index contributed by atoms with van der Waals surface area (Å²) in [5.41, 5.74) is 0.961. The molecule has 6 nitrogen and oxygen atoms in total. The van der Waals surface area contributed by atoms with E-state index < -0.39 is 5.82 Å². The molecule has 7 heteroatoms. The highest BCUT2D eigenvalue weighted by atomic mass is 19.1. The van der Waals surface area contributed by atoms with Crippen LogP contribution in [0.2, 0.25) is 0 Å². The molecule has 0 bridgehead atoms. The Balaban J connectivity index is 2.04. The molecule has 0 spiro atoms. The molecule has 0 atom stereocenters. The minimum Gasteiger partial charge on any atom is -0.497 e. The zero-order valence-electron chi connectivity index (χ0n) is 11.7. The van der Waals surface area contributed by atoms with Crippen LogP contribution in [-0.2, 0) is 6.54 Å². The highest BCUT2D eigenvalue weighted by Gasteiger charge is 2.07. The van der Waals surface area contributed by atoms with Gasteiger partial charge in [-0.05, 0) is 24.6 Å². The number of rotatable bonds is 6. The van der Waals surface area contributed by atoms with Crippen molar-refractivity contribution in [3.8, 4) is 11.8 Å². The van der Waals surface area contributed by atoms with Crippen molar-refractivity contribution in [2.45, 2.75) is 13.5 Å². The molecule has 0 aliphatic heterocycles. The van der Waals surface area contributed by atoms with Crippen LogP contribution in [0, 0.1) is 5.82 Å². The largest absolute Gasteiger partial charge is 0.497 e. The molecule has 0 amide bonds. The van der Waals surface area contributed by atoms with Gasteiger partial charge in [0.1, 0.15) is 5.75 Å². The molecule has 2 aromatic rings. The number of halogens is 1. The molecular formula is C14H15FN4O2. The topological polar surface area (TPSA) is 68.6 Å². The first-order valence-electron chi connectivity index (χ1n) is 6.27. The lowest BCUT2D eigenvalue weighted by Crippen LogP contribution is -2.05. The van der Waals surface area contributed by atoms with Crippen LogP contribution in [-0.4, -0.2) is 23.3 Å². The van der Waals surface area contributed by atoms with Crippen LogP contribution in [0.15, 0.2) is 35.6 Å². The monoisotopic (exact) mass is 290 g/mol. The van der Waals surface area contributed by atoms with Gasteiger partial charge in [0.05, 0.1) is 13.3 Å². The first kappa shape index (κ1) is 14.7. The smallest absolute Gasteiger partial charge is 0.347 e. The van der Waals surface area contributed by atoms with Crippen LogP contribution in [0.5, 0.6) is 11.8 Å². The Morgan fingerprint density at radius 3 is 2.76 bits per heavy atom. The normalized spacial score (nSPS) is 10.6. The molecule has 2 rings (SSSR count). The second kappa shape index (κ2) is 7.18. The van der Waals surface area contributed by atoms with Crippen LogP contribution in [0.1, 0.15) is 12.5 Å². The van der Waals surface area contributed by atoms with Crippen molar-refractivity contribution in [1.29, 1.82) is 0 Å². The lowest BCUT2D eigenvalue weighted by Gasteiger charge is -2.08. The van der Waals surface area contributed by atoms with Crippen LogP contribution in [0.4, 0.5) is 10.2 Å². The first-order chi connectivity index (χ1) is 10.2. The number of nitrogens with zero attached hydrogens (tertiary/aromatic N) is 3. The van der Waals surface area contributed by atoms with E-state index in [0.717, 1.165) is 17.5 Å². The van der Waals surface area contributed by atoms with Gasteiger partial charge in [0.2, 0.25) is 0 Å². The summed E-state index contributed by atoms with van der Waals surface area (Å²) >= 11 is 0. The maximum absolute atomic E-state index is 13.6. The van der Waals surface area contributed by atoms with Crippen molar-refractivity contribution in [2.75, 3.05) is 12.4 Å². The van der Waals surface area contributed by atoms with Gasteiger partial charge in [0, 0.05) is 12.8 Å². The number of aromatic nitrogens is 2. The van der Waals surface area contributed by atoms with Crippen molar-refractivity contribution in [3.05, 3.63) is 41.8 Å². The van der Waals surface area contributed by atoms with Crippen molar-refractivity contribution in [1.82, 2.24) is 9.97 Å². The zero-order chi connectivity index (χ0) is 15.1. The zero-order valence-corrected chi connectivity index (χ0v) is 11.7. The van der Waals surface area contributed by atoms with Gasteiger partial charge in [-0.15, -0.1) is 0 Å². The van der Waals surface area contributed by atoms with Crippen molar-refractivity contribution < 1.29 is 14.0 Å². The van der Waals surface area contributed by atoms with E-state index in [1.807, 2.05) is 24.3 Å². The van der Waals surface area contributed by atoms with E-state index in [0.29, 0.717) is 6.54 Å². The van der Waals surface area contributed by atoms with Crippen LogP contribution >= 0.6 is 0 Å². The van der Waals surface area contributed by atoms with Crippen LogP contribution in [0.25, 0.3) is 0 Å². The predicted octanol–water partition coefficient (Wildman–Crippen LogP) is 2.62. The number of benzene rings is 1. The molecular weight excluding hydrogens is 275 g/mol. The summed E-state index contributed by atoms with van der Waals surface area (Å²) in [6.45, 7) is 2.10. The maximum atomic E-state index is 13.6. The fourth-order valence-corrected chi connectivity index (χ4v) is 1.55. The van der Waals surface area contributed by atoms with E-state index in [9.17, 15) is 4.39 Å². The van der Waals surface area contributed by atoms with E-state index in [1.165, 1.54) is 6.21 Å². The van der Waals surface area contributed by atoms with Gasteiger partial charge in [-0.1, -0.05) is 17.3 Å². The molecule has 0 unspecified atom stereocenters. The molecule has 0 saturated carbocycles. The number of hydrogen-bond acceptors (Lipinski definition) is 6. The summed E-state index contributed by atoms with van der Waals surface area (Å²) in [6.07, 6.45) is 2.47. The van der Waals surface area contributed by atoms with Gasteiger partial charge >= 0.3 is 6.01 Å². The fourth-order valence-electron chi connectivity index (χ4n) is 1.55. The minimum atomic E-state index is -0.559. The van der Waals surface area contributed by atoms with E-state index >= 15 is 0 Å². The Hall–Kier alpha value is -2.70. The molecule has 21 heavy (non-hydrogen) atoms. The molecule has 0 fully saturated rings. The highest BCUT2D eigenvalue weighted by molar-refractivity contribution is 5.52. The van der Waals surface area contributed by atoms with Crippen LogP contribution < -0.4 is 14.9 Å².